The van der Waals surface area contributed by atoms with Gasteiger partial charge in [0.25, 0.3) is 0 Å². The average molecular weight is 126 g/mol. The molecule has 1 aliphatic heterocycles. The van der Waals surface area contributed by atoms with Gasteiger partial charge < -0.3 is 5.32 Å². The zero-order valence-electron chi connectivity index (χ0n) is 5.98. The van der Waals surface area contributed by atoms with Crippen LogP contribution in [0.25, 0.3) is 0 Å². The zero-order valence-corrected chi connectivity index (χ0v) is 5.98. The summed E-state index contributed by atoms with van der Waals surface area (Å²) in [4.78, 5) is 4.28. The largest absolute Gasteiger partial charge is 0.374 e. The van der Waals surface area contributed by atoms with E-state index < -0.39 is 0 Å². The highest BCUT2D eigenvalue weighted by atomic mass is 15.0. The Bertz CT molecular complexity index is 107. The van der Waals surface area contributed by atoms with Crippen molar-refractivity contribution in [2.75, 3.05) is 13.1 Å². The lowest BCUT2D eigenvalue weighted by atomic mass is 10.3. The summed E-state index contributed by atoms with van der Waals surface area (Å²) in [6, 6.07) is 0. The van der Waals surface area contributed by atoms with Crippen LogP contribution in [-0.4, -0.2) is 18.9 Å². The third-order valence-corrected chi connectivity index (χ3v) is 1.45. The minimum absolute atomic E-state index is 1.03. The Balaban J connectivity index is 2.11. The fourth-order valence-electron chi connectivity index (χ4n) is 0.953. The van der Waals surface area contributed by atoms with Gasteiger partial charge in [-0.3, -0.25) is 4.99 Å². The van der Waals surface area contributed by atoms with Crippen LogP contribution >= 0.6 is 0 Å². The third kappa shape index (κ3) is 2.04. The summed E-state index contributed by atoms with van der Waals surface area (Å²) < 4.78 is 0. The summed E-state index contributed by atoms with van der Waals surface area (Å²) >= 11 is 0. The minimum atomic E-state index is 1.03. The molecule has 0 aromatic rings. The van der Waals surface area contributed by atoms with Crippen molar-refractivity contribution in [3.05, 3.63) is 0 Å². The summed E-state index contributed by atoms with van der Waals surface area (Å²) in [5.41, 5.74) is 0. The molecule has 0 bridgehead atoms. The molecule has 0 aromatic carbocycles. The second-order valence-electron chi connectivity index (χ2n) is 2.36. The molecule has 2 heteroatoms. The molecule has 0 saturated heterocycles. The van der Waals surface area contributed by atoms with Gasteiger partial charge in [0.1, 0.15) is 0 Å². The molecule has 0 saturated carbocycles. The van der Waals surface area contributed by atoms with Gasteiger partial charge in [0.15, 0.2) is 0 Å². The lowest BCUT2D eigenvalue weighted by Gasteiger charge is -2.00. The van der Waals surface area contributed by atoms with Crippen LogP contribution in [0.4, 0.5) is 0 Å². The first kappa shape index (κ1) is 6.59. The van der Waals surface area contributed by atoms with E-state index in [9.17, 15) is 0 Å². The molecule has 1 heterocycles. The molecule has 0 spiro atoms. The molecule has 52 valence electrons. The van der Waals surface area contributed by atoms with Crippen LogP contribution in [-0.2, 0) is 0 Å². The van der Waals surface area contributed by atoms with Crippen LogP contribution in [0.2, 0.25) is 0 Å². The molecule has 0 aliphatic carbocycles. The number of amidine groups is 1. The monoisotopic (exact) mass is 126 g/mol. The maximum absolute atomic E-state index is 4.28. The number of hydrogen-bond acceptors (Lipinski definition) is 2. The fraction of sp³-hybridized carbons (Fsp3) is 0.857. The van der Waals surface area contributed by atoms with Crippen LogP contribution in [0.5, 0.6) is 0 Å². The van der Waals surface area contributed by atoms with Crippen molar-refractivity contribution in [1.29, 1.82) is 0 Å². The zero-order chi connectivity index (χ0) is 6.53. The molecule has 0 radical (unpaired) electrons. The van der Waals surface area contributed by atoms with E-state index in [2.05, 4.69) is 17.2 Å². The Labute approximate surface area is 56.4 Å². The van der Waals surface area contributed by atoms with E-state index >= 15 is 0 Å². The van der Waals surface area contributed by atoms with Gasteiger partial charge in [0, 0.05) is 19.5 Å². The lowest BCUT2D eigenvalue weighted by Crippen LogP contribution is -2.21. The van der Waals surface area contributed by atoms with Crippen molar-refractivity contribution in [2.45, 2.75) is 26.2 Å². The number of nitrogens with zero attached hydrogens (tertiary/aromatic N) is 1. The summed E-state index contributed by atoms with van der Waals surface area (Å²) in [6.45, 7) is 4.29. The van der Waals surface area contributed by atoms with Crippen molar-refractivity contribution in [2.24, 2.45) is 4.99 Å². The van der Waals surface area contributed by atoms with E-state index in [0.717, 1.165) is 13.1 Å². The molecule has 0 amide bonds. The van der Waals surface area contributed by atoms with Crippen LogP contribution in [0.3, 0.4) is 0 Å². The van der Waals surface area contributed by atoms with E-state index in [-0.39, 0.29) is 0 Å². The number of rotatable bonds is 2. The first-order chi connectivity index (χ1) is 4.43. The van der Waals surface area contributed by atoms with Crippen LogP contribution in [0.1, 0.15) is 26.2 Å². The molecule has 0 atom stereocenters. The van der Waals surface area contributed by atoms with Crippen molar-refractivity contribution < 1.29 is 0 Å². The maximum Gasteiger partial charge on any atom is 0.0963 e. The van der Waals surface area contributed by atoms with Gasteiger partial charge in [-0.05, 0) is 12.8 Å². The predicted octanol–water partition coefficient (Wildman–Crippen LogP) is 1.18. The quantitative estimate of drug-likeness (QED) is 0.590. The molecule has 9 heavy (non-hydrogen) atoms. The van der Waals surface area contributed by atoms with Crippen molar-refractivity contribution in [3.63, 3.8) is 0 Å². The van der Waals surface area contributed by atoms with Gasteiger partial charge in [-0.2, -0.15) is 0 Å². The van der Waals surface area contributed by atoms with Crippen LogP contribution in [0.15, 0.2) is 4.99 Å². The predicted molar refractivity (Wildman–Crippen MR) is 39.8 cm³/mol. The first-order valence-electron chi connectivity index (χ1n) is 3.70. The lowest BCUT2D eigenvalue weighted by molar-refractivity contribution is 0.828. The van der Waals surface area contributed by atoms with Gasteiger partial charge >= 0.3 is 0 Å². The highest BCUT2D eigenvalue weighted by Gasteiger charge is 2.02. The Hall–Kier alpha value is -0.530. The summed E-state index contributed by atoms with van der Waals surface area (Å²) in [6.07, 6.45) is 3.60. The van der Waals surface area contributed by atoms with Crippen molar-refractivity contribution in [3.8, 4) is 0 Å². The Morgan fingerprint density at radius 3 is 3.11 bits per heavy atom. The summed E-state index contributed by atoms with van der Waals surface area (Å²) in [5.74, 6) is 1.22. The maximum atomic E-state index is 4.28. The van der Waals surface area contributed by atoms with Gasteiger partial charge in [0.05, 0.1) is 5.84 Å². The molecule has 1 aliphatic rings. The highest BCUT2D eigenvalue weighted by Crippen LogP contribution is 2.00. The van der Waals surface area contributed by atoms with E-state index in [4.69, 9.17) is 0 Å². The van der Waals surface area contributed by atoms with Gasteiger partial charge in [-0.15, -0.1) is 0 Å². The summed E-state index contributed by atoms with van der Waals surface area (Å²) in [7, 11) is 0. The van der Waals surface area contributed by atoms with Gasteiger partial charge in [-0.1, -0.05) is 6.92 Å². The van der Waals surface area contributed by atoms with E-state index in [1.807, 2.05) is 0 Å². The Kier molecular flexibility index (Phi) is 2.55. The van der Waals surface area contributed by atoms with Gasteiger partial charge in [-0.25, -0.2) is 0 Å². The number of hydrogen-bond donors (Lipinski definition) is 1. The molecule has 1 rings (SSSR count). The summed E-state index contributed by atoms with van der Waals surface area (Å²) in [5, 5.41) is 3.28. The second-order valence-corrected chi connectivity index (χ2v) is 2.36. The Morgan fingerprint density at radius 2 is 2.56 bits per heavy atom. The second kappa shape index (κ2) is 3.49. The van der Waals surface area contributed by atoms with Crippen LogP contribution < -0.4 is 5.32 Å². The average Bonchev–Trinajstić information content (AvgIpc) is 2.34. The number of aliphatic imine (C=N–C) groups is 1. The van der Waals surface area contributed by atoms with Gasteiger partial charge in [0.2, 0.25) is 0 Å². The molecule has 0 unspecified atom stereocenters. The molecule has 0 fully saturated rings. The molecular formula is C7H14N2. The minimum Gasteiger partial charge on any atom is -0.374 e. The molecule has 1 N–H and O–H groups in total. The first-order valence-corrected chi connectivity index (χ1v) is 3.70. The number of nitrogens with one attached hydrogen (secondary N) is 1. The standard InChI is InChI=1S/C7H14N2/c1-2-5-8-7-4-3-6-9-7/h2-6H2,1H3,(H,8,9). The van der Waals surface area contributed by atoms with E-state index in [1.54, 1.807) is 0 Å². The fourth-order valence-corrected chi connectivity index (χ4v) is 0.953. The van der Waals surface area contributed by atoms with Crippen molar-refractivity contribution >= 4 is 5.84 Å². The SMILES string of the molecule is CCCNC1=NCCC1. The van der Waals surface area contributed by atoms with E-state index in [1.165, 1.54) is 25.1 Å². The van der Waals surface area contributed by atoms with Crippen LogP contribution in [0, 0.1) is 0 Å². The smallest absolute Gasteiger partial charge is 0.0963 e. The Morgan fingerprint density at radius 1 is 1.67 bits per heavy atom. The molecular weight excluding hydrogens is 112 g/mol. The third-order valence-electron chi connectivity index (χ3n) is 1.45. The molecule has 2 nitrogen and oxygen atoms in total. The topological polar surface area (TPSA) is 24.4 Å². The highest BCUT2D eigenvalue weighted by molar-refractivity contribution is 5.83. The van der Waals surface area contributed by atoms with Crippen molar-refractivity contribution in [1.82, 2.24) is 5.32 Å². The molecule has 0 aromatic heterocycles. The normalized spacial score (nSPS) is 17.7. The van der Waals surface area contributed by atoms with E-state index in [0.29, 0.717) is 0 Å².